The van der Waals surface area contributed by atoms with Crippen molar-refractivity contribution in [2.75, 3.05) is 5.32 Å². The molecule has 3 aromatic carbocycles. The van der Waals surface area contributed by atoms with Crippen LogP contribution in [0.5, 0.6) is 0 Å². The van der Waals surface area contributed by atoms with Crippen LogP contribution in [0.15, 0.2) is 93.8 Å². The summed E-state index contributed by atoms with van der Waals surface area (Å²) >= 11 is 0. The summed E-state index contributed by atoms with van der Waals surface area (Å²) in [6.45, 7) is 0. The number of nitrogens with one attached hydrogen (secondary N) is 1. The van der Waals surface area contributed by atoms with E-state index in [1.165, 1.54) is 0 Å². The van der Waals surface area contributed by atoms with Gasteiger partial charge in [-0.25, -0.2) is 15.0 Å². The normalized spacial score (nSPS) is 13.9. The lowest BCUT2D eigenvalue weighted by atomic mass is 10.2. The van der Waals surface area contributed by atoms with E-state index in [1.54, 1.807) is 48.5 Å². The Morgan fingerprint density at radius 1 is 0.724 bits per heavy atom. The Morgan fingerprint density at radius 3 is 1.97 bits per heavy atom. The van der Waals surface area contributed by atoms with Gasteiger partial charge in [-0.15, -0.1) is 0 Å². The molecule has 0 aliphatic carbocycles. The molecule has 1 aliphatic heterocycles. The fourth-order valence-corrected chi connectivity index (χ4v) is 2.71. The third kappa shape index (κ3) is 4.08. The maximum atomic E-state index is 8.97. The zero-order chi connectivity index (χ0) is 20.1. The molecule has 0 unspecified atom stereocenters. The van der Waals surface area contributed by atoms with Crippen molar-refractivity contribution in [2.24, 2.45) is 15.0 Å². The minimum Gasteiger partial charge on any atom is -0.337 e. The first-order chi connectivity index (χ1) is 14.2. The standard InChI is InChI=1S/C23H14N6/c24-14-16-6-10-19(11-7-16)26-22-23(27-20-12-8-17(15-25)9-13-20)29-21(28-22)18-4-2-1-3-5-18/h1-13H,(H,26,27,28,29). The van der Waals surface area contributed by atoms with E-state index in [-0.39, 0.29) is 0 Å². The van der Waals surface area contributed by atoms with E-state index in [1.807, 2.05) is 30.3 Å². The Morgan fingerprint density at radius 2 is 1.34 bits per heavy atom. The third-order valence-corrected chi connectivity index (χ3v) is 4.18. The van der Waals surface area contributed by atoms with Crippen molar-refractivity contribution < 1.29 is 0 Å². The van der Waals surface area contributed by atoms with Crippen LogP contribution in [0.25, 0.3) is 0 Å². The van der Waals surface area contributed by atoms with Gasteiger partial charge in [0.05, 0.1) is 29.0 Å². The van der Waals surface area contributed by atoms with Crippen molar-refractivity contribution in [2.45, 2.75) is 0 Å². The van der Waals surface area contributed by atoms with Crippen LogP contribution in [0.3, 0.4) is 0 Å². The van der Waals surface area contributed by atoms with Crippen LogP contribution in [0.1, 0.15) is 16.7 Å². The van der Waals surface area contributed by atoms with E-state index < -0.39 is 0 Å². The summed E-state index contributed by atoms with van der Waals surface area (Å²) in [6, 6.07) is 27.9. The summed E-state index contributed by atoms with van der Waals surface area (Å²) in [4.78, 5) is 13.8. The van der Waals surface area contributed by atoms with Crippen LogP contribution in [0.4, 0.5) is 11.4 Å². The zero-order valence-electron chi connectivity index (χ0n) is 15.2. The topological polar surface area (TPSA) is 96.7 Å². The van der Waals surface area contributed by atoms with E-state index in [0.29, 0.717) is 34.3 Å². The van der Waals surface area contributed by atoms with Crippen molar-refractivity contribution in [3.63, 3.8) is 0 Å². The number of benzene rings is 3. The van der Waals surface area contributed by atoms with Crippen molar-refractivity contribution in [1.29, 1.82) is 10.5 Å². The first-order valence-corrected chi connectivity index (χ1v) is 8.84. The fourth-order valence-electron chi connectivity index (χ4n) is 2.71. The number of amidine groups is 3. The molecule has 0 bridgehead atoms. The maximum Gasteiger partial charge on any atom is 0.198 e. The van der Waals surface area contributed by atoms with Crippen LogP contribution in [0.2, 0.25) is 0 Å². The molecule has 0 spiro atoms. The molecule has 6 nitrogen and oxygen atoms in total. The molecule has 0 atom stereocenters. The lowest BCUT2D eigenvalue weighted by Gasteiger charge is -2.06. The average molecular weight is 374 g/mol. The minimum atomic E-state index is 0.443. The summed E-state index contributed by atoms with van der Waals surface area (Å²) in [5.74, 6) is 1.52. The molecule has 136 valence electrons. The SMILES string of the molecule is N#Cc1ccc(N=C2N=C(c3ccccc3)N=C2Nc2ccc(C#N)cc2)cc1. The molecule has 0 amide bonds. The summed E-state index contributed by atoms with van der Waals surface area (Å²) in [7, 11) is 0. The van der Waals surface area contributed by atoms with E-state index in [4.69, 9.17) is 10.5 Å². The molecule has 0 saturated carbocycles. The van der Waals surface area contributed by atoms with Gasteiger partial charge in [-0.05, 0) is 48.5 Å². The maximum absolute atomic E-state index is 8.97. The molecule has 0 fully saturated rings. The van der Waals surface area contributed by atoms with E-state index in [2.05, 4.69) is 32.4 Å². The molecule has 6 heteroatoms. The van der Waals surface area contributed by atoms with Gasteiger partial charge >= 0.3 is 0 Å². The van der Waals surface area contributed by atoms with Gasteiger partial charge in [0, 0.05) is 11.3 Å². The quantitative estimate of drug-likeness (QED) is 0.734. The molecule has 29 heavy (non-hydrogen) atoms. The fraction of sp³-hybridized carbons (Fsp3) is 0. The number of nitrogens with zero attached hydrogens (tertiary/aromatic N) is 5. The number of hydrogen-bond acceptors (Lipinski definition) is 5. The lowest BCUT2D eigenvalue weighted by Crippen LogP contribution is -2.18. The summed E-state index contributed by atoms with van der Waals surface area (Å²) in [6.07, 6.45) is 0. The number of hydrogen-bond donors (Lipinski definition) is 1. The molecular weight excluding hydrogens is 360 g/mol. The average Bonchev–Trinajstić information content (AvgIpc) is 3.17. The van der Waals surface area contributed by atoms with Gasteiger partial charge in [-0.1, -0.05) is 30.3 Å². The Bertz CT molecular complexity index is 1210. The largest absolute Gasteiger partial charge is 0.337 e. The van der Waals surface area contributed by atoms with E-state index in [0.717, 1.165) is 11.3 Å². The van der Waals surface area contributed by atoms with Crippen LogP contribution < -0.4 is 5.32 Å². The molecule has 1 N–H and O–H groups in total. The highest BCUT2D eigenvalue weighted by Gasteiger charge is 2.19. The smallest absolute Gasteiger partial charge is 0.198 e. The summed E-state index contributed by atoms with van der Waals surface area (Å²) in [5.41, 5.74) is 3.48. The minimum absolute atomic E-state index is 0.443. The van der Waals surface area contributed by atoms with Crippen molar-refractivity contribution in [3.8, 4) is 12.1 Å². The van der Waals surface area contributed by atoms with Gasteiger partial charge in [0.15, 0.2) is 17.5 Å². The third-order valence-electron chi connectivity index (χ3n) is 4.18. The highest BCUT2D eigenvalue weighted by atomic mass is 15.2. The molecule has 0 radical (unpaired) electrons. The van der Waals surface area contributed by atoms with Crippen LogP contribution >= 0.6 is 0 Å². The van der Waals surface area contributed by atoms with Gasteiger partial charge in [0.25, 0.3) is 0 Å². The molecule has 3 aromatic rings. The summed E-state index contributed by atoms with van der Waals surface area (Å²) < 4.78 is 0. The second-order valence-electron chi connectivity index (χ2n) is 6.17. The number of nitriles is 2. The second kappa shape index (κ2) is 7.99. The van der Waals surface area contributed by atoms with Crippen molar-refractivity contribution in [1.82, 2.24) is 0 Å². The predicted octanol–water partition coefficient (Wildman–Crippen LogP) is 4.43. The van der Waals surface area contributed by atoms with Crippen molar-refractivity contribution in [3.05, 3.63) is 95.6 Å². The van der Waals surface area contributed by atoms with Crippen molar-refractivity contribution >= 4 is 28.9 Å². The summed E-state index contributed by atoms with van der Waals surface area (Å²) in [5, 5.41) is 21.2. The lowest BCUT2D eigenvalue weighted by molar-refractivity contribution is 1.45. The predicted molar refractivity (Wildman–Crippen MR) is 113 cm³/mol. The van der Waals surface area contributed by atoms with Gasteiger partial charge < -0.3 is 5.32 Å². The van der Waals surface area contributed by atoms with E-state index >= 15 is 0 Å². The molecule has 1 heterocycles. The van der Waals surface area contributed by atoms with Crippen LogP contribution in [-0.2, 0) is 0 Å². The monoisotopic (exact) mass is 374 g/mol. The van der Waals surface area contributed by atoms with E-state index in [9.17, 15) is 0 Å². The first kappa shape index (κ1) is 17.8. The van der Waals surface area contributed by atoms with Gasteiger partial charge in [-0.2, -0.15) is 10.5 Å². The number of anilines is 1. The molecule has 0 aromatic heterocycles. The Labute approximate surface area is 167 Å². The van der Waals surface area contributed by atoms with Gasteiger partial charge in [0.1, 0.15) is 0 Å². The van der Waals surface area contributed by atoms with Crippen LogP contribution in [0, 0.1) is 22.7 Å². The Balaban J connectivity index is 1.69. The Hall–Kier alpha value is -4.55. The molecular formula is C23H14N6. The Kier molecular flexibility index (Phi) is 4.92. The number of rotatable bonds is 3. The molecule has 1 aliphatic rings. The zero-order valence-corrected chi connectivity index (χ0v) is 15.2. The first-order valence-electron chi connectivity index (χ1n) is 8.84. The second-order valence-corrected chi connectivity index (χ2v) is 6.17. The molecule has 0 saturated heterocycles. The van der Waals surface area contributed by atoms with Crippen LogP contribution in [-0.4, -0.2) is 17.5 Å². The molecule has 4 rings (SSSR count). The van der Waals surface area contributed by atoms with Gasteiger partial charge in [0.2, 0.25) is 0 Å². The number of aliphatic imine (C=N–C) groups is 3. The highest BCUT2D eigenvalue weighted by molar-refractivity contribution is 6.51. The van der Waals surface area contributed by atoms with Gasteiger partial charge in [-0.3, -0.25) is 0 Å². The highest BCUT2D eigenvalue weighted by Crippen LogP contribution is 2.18.